The summed E-state index contributed by atoms with van der Waals surface area (Å²) in [7, 11) is 0. The molecule has 2 fully saturated rings. The van der Waals surface area contributed by atoms with E-state index in [0.29, 0.717) is 30.1 Å². The largest absolute Gasteiger partial charge is 0.490 e. The van der Waals surface area contributed by atoms with Crippen molar-refractivity contribution < 1.29 is 18.7 Å². The molecule has 2 aromatic rings. The summed E-state index contributed by atoms with van der Waals surface area (Å²) in [4.78, 5) is 25.1. The summed E-state index contributed by atoms with van der Waals surface area (Å²) in [5.74, 6) is 0.550. The molecule has 0 unspecified atom stereocenters. The van der Waals surface area contributed by atoms with Crippen LogP contribution in [-0.4, -0.2) is 57.8 Å². The number of amides is 1. The van der Waals surface area contributed by atoms with Crippen molar-refractivity contribution in [2.45, 2.75) is 50.9 Å². The number of carbonyl (C=O) groups excluding carboxylic acids is 1. The van der Waals surface area contributed by atoms with Gasteiger partial charge in [0.1, 0.15) is 29.3 Å². The minimum Gasteiger partial charge on any atom is -0.490 e. The number of anilines is 1. The van der Waals surface area contributed by atoms with Gasteiger partial charge in [-0.15, -0.1) is 0 Å². The van der Waals surface area contributed by atoms with Crippen LogP contribution in [0.3, 0.4) is 0 Å². The van der Waals surface area contributed by atoms with Gasteiger partial charge in [-0.05, 0) is 60.8 Å². The Morgan fingerprint density at radius 1 is 1.38 bits per heavy atom. The molecule has 2 saturated heterocycles. The Morgan fingerprint density at radius 2 is 2.14 bits per heavy atom. The van der Waals surface area contributed by atoms with Crippen LogP contribution in [0.15, 0.2) is 10.5 Å². The highest BCUT2D eigenvalue weighted by atomic mass is 79.9. The average Bonchev–Trinajstić information content (AvgIpc) is 3.15. The normalized spacial score (nSPS) is 25.1. The highest BCUT2D eigenvalue weighted by Gasteiger charge is 2.55. The molecule has 2 bridgehead atoms. The van der Waals surface area contributed by atoms with E-state index in [1.165, 1.54) is 0 Å². The summed E-state index contributed by atoms with van der Waals surface area (Å²) in [5.41, 5.74) is -0.443. The molecule has 7 nitrogen and oxygen atoms in total. The molecule has 4 heterocycles. The minimum absolute atomic E-state index is 0.0212. The number of piperazine rings is 1. The molecule has 3 aliphatic heterocycles. The summed E-state index contributed by atoms with van der Waals surface area (Å²) in [6, 6.07) is 1.40. The van der Waals surface area contributed by atoms with Gasteiger partial charge in [-0.25, -0.2) is 14.2 Å². The average molecular weight is 486 g/mol. The van der Waals surface area contributed by atoms with Crippen molar-refractivity contribution in [2.24, 2.45) is 0 Å². The first-order valence-electron chi connectivity index (χ1n) is 9.40. The van der Waals surface area contributed by atoms with Gasteiger partial charge in [-0.1, -0.05) is 0 Å². The van der Waals surface area contributed by atoms with Crippen molar-refractivity contribution >= 4 is 50.3 Å². The fraction of sp³-hybridized carbons (Fsp3) is 0.526. The third kappa shape index (κ3) is 2.92. The van der Waals surface area contributed by atoms with Gasteiger partial charge in [-0.3, -0.25) is 0 Å². The fourth-order valence-electron chi connectivity index (χ4n) is 4.56. The van der Waals surface area contributed by atoms with E-state index < -0.39 is 11.4 Å². The maximum Gasteiger partial charge on any atom is 0.410 e. The zero-order valence-electron chi connectivity index (χ0n) is 16.1. The van der Waals surface area contributed by atoms with Crippen LogP contribution in [0.25, 0.3) is 10.9 Å². The Hall–Kier alpha value is -1.87. The summed E-state index contributed by atoms with van der Waals surface area (Å²) in [6.45, 7) is 6.39. The number of fused-ring (bicyclic) bond motifs is 6. The lowest BCUT2D eigenvalue weighted by atomic mass is 10.1. The van der Waals surface area contributed by atoms with Crippen molar-refractivity contribution in [3.63, 3.8) is 0 Å². The van der Waals surface area contributed by atoms with Crippen LogP contribution in [0.5, 0.6) is 5.75 Å². The van der Waals surface area contributed by atoms with E-state index in [-0.39, 0.29) is 39.5 Å². The molecule has 29 heavy (non-hydrogen) atoms. The molecule has 10 heteroatoms. The summed E-state index contributed by atoms with van der Waals surface area (Å²) in [6.07, 6.45) is 0.441. The fourth-order valence-corrected chi connectivity index (χ4v) is 5.13. The van der Waals surface area contributed by atoms with E-state index in [2.05, 4.69) is 30.8 Å². The first-order valence-corrected chi connectivity index (χ1v) is 10.6. The van der Waals surface area contributed by atoms with E-state index in [4.69, 9.17) is 21.1 Å². The van der Waals surface area contributed by atoms with E-state index >= 15 is 0 Å². The van der Waals surface area contributed by atoms with Gasteiger partial charge in [0.15, 0.2) is 5.82 Å². The predicted molar refractivity (Wildman–Crippen MR) is 109 cm³/mol. The Labute approximate surface area is 180 Å². The first-order chi connectivity index (χ1) is 13.6. The molecule has 1 amide bonds. The number of nitrogens with zero attached hydrogens (tertiary/aromatic N) is 4. The van der Waals surface area contributed by atoms with E-state index in [1.54, 1.807) is 11.0 Å². The Bertz CT molecular complexity index is 1050. The number of halogens is 3. The number of aromatic nitrogens is 2. The van der Waals surface area contributed by atoms with Gasteiger partial charge in [0, 0.05) is 6.54 Å². The molecule has 0 aliphatic carbocycles. The molecule has 154 valence electrons. The second kappa shape index (κ2) is 6.31. The second-order valence-corrected chi connectivity index (χ2v) is 9.78. The highest BCUT2D eigenvalue weighted by Crippen LogP contribution is 2.47. The predicted octanol–water partition coefficient (Wildman–Crippen LogP) is 4.14. The van der Waals surface area contributed by atoms with Crippen LogP contribution in [0, 0.1) is 5.82 Å². The maximum absolute atomic E-state index is 14.7. The van der Waals surface area contributed by atoms with Gasteiger partial charge in [-0.2, -0.15) is 4.98 Å². The zero-order valence-corrected chi connectivity index (χ0v) is 18.4. The molecular weight excluding hydrogens is 467 g/mol. The molecule has 3 atom stereocenters. The lowest BCUT2D eigenvalue weighted by Gasteiger charge is -2.40. The molecule has 5 rings (SSSR count). The standard InChI is InChI=1S/C19H19BrClFN4O3/c1-19(2,3)29-18(27)25-6-8-4-10(25)11-7-28-12-5-9(20)14(22)15-13(12)16(26(8)11)24-17(21)23-15/h5,8,10-11H,4,6-7H2,1-3H3/t8-,10-,11+/m1/s1. The van der Waals surface area contributed by atoms with Gasteiger partial charge in [0.2, 0.25) is 5.28 Å². The zero-order chi connectivity index (χ0) is 20.7. The Kier molecular flexibility index (Phi) is 4.16. The van der Waals surface area contributed by atoms with Crippen LogP contribution in [0.4, 0.5) is 15.0 Å². The van der Waals surface area contributed by atoms with Crippen molar-refractivity contribution in [3.8, 4) is 5.75 Å². The van der Waals surface area contributed by atoms with Crippen LogP contribution in [0.1, 0.15) is 27.2 Å². The van der Waals surface area contributed by atoms with E-state index in [9.17, 15) is 9.18 Å². The second-order valence-electron chi connectivity index (χ2n) is 8.59. The van der Waals surface area contributed by atoms with Crippen LogP contribution in [-0.2, 0) is 4.74 Å². The van der Waals surface area contributed by atoms with Gasteiger partial charge >= 0.3 is 6.09 Å². The maximum atomic E-state index is 14.7. The SMILES string of the molecule is CC(C)(C)OC(=O)N1C[C@H]2C[C@@H]1[C@@H]1COc3cc(Br)c(F)c4nc(Cl)nc(c34)N21. The number of hydrogen-bond donors (Lipinski definition) is 0. The lowest BCUT2D eigenvalue weighted by molar-refractivity contribution is 0.0168. The summed E-state index contributed by atoms with van der Waals surface area (Å²) < 4.78 is 26.6. The summed E-state index contributed by atoms with van der Waals surface area (Å²) >= 11 is 9.36. The third-order valence-corrected chi connectivity index (χ3v) is 6.33. The van der Waals surface area contributed by atoms with E-state index in [1.807, 2.05) is 20.8 Å². The molecule has 1 aromatic heterocycles. The van der Waals surface area contributed by atoms with Crippen LogP contribution < -0.4 is 9.64 Å². The smallest absolute Gasteiger partial charge is 0.410 e. The van der Waals surface area contributed by atoms with Crippen molar-refractivity contribution in [3.05, 3.63) is 21.6 Å². The number of ether oxygens (including phenoxy) is 2. The van der Waals surface area contributed by atoms with Gasteiger partial charge < -0.3 is 19.3 Å². The highest BCUT2D eigenvalue weighted by molar-refractivity contribution is 9.10. The quantitative estimate of drug-likeness (QED) is 0.523. The number of carbonyl (C=O) groups is 1. The molecule has 0 saturated carbocycles. The molecule has 0 spiro atoms. The molecule has 0 N–H and O–H groups in total. The summed E-state index contributed by atoms with van der Waals surface area (Å²) in [5, 5.41) is 0.483. The number of likely N-dealkylation sites (tertiary alicyclic amines) is 1. The third-order valence-electron chi connectivity index (χ3n) is 5.58. The number of rotatable bonds is 0. The first kappa shape index (κ1) is 19.1. The van der Waals surface area contributed by atoms with Crippen LogP contribution >= 0.6 is 27.5 Å². The Balaban J connectivity index is 1.57. The minimum atomic E-state index is -0.565. The topological polar surface area (TPSA) is 67.8 Å². The van der Waals surface area contributed by atoms with Crippen molar-refractivity contribution in [1.29, 1.82) is 0 Å². The van der Waals surface area contributed by atoms with Crippen molar-refractivity contribution in [1.82, 2.24) is 14.9 Å². The number of hydrogen-bond acceptors (Lipinski definition) is 6. The van der Waals surface area contributed by atoms with Crippen molar-refractivity contribution in [2.75, 3.05) is 18.1 Å². The Morgan fingerprint density at radius 3 is 2.86 bits per heavy atom. The van der Waals surface area contributed by atoms with Crippen LogP contribution in [0.2, 0.25) is 5.28 Å². The lowest BCUT2D eigenvalue weighted by Crippen LogP contribution is -2.57. The monoisotopic (exact) mass is 484 g/mol. The molecular formula is C19H19BrClFN4O3. The molecule has 0 radical (unpaired) electrons. The molecule has 1 aromatic carbocycles. The number of benzene rings is 1. The molecule has 3 aliphatic rings. The van der Waals surface area contributed by atoms with Gasteiger partial charge in [0.05, 0.1) is 28.0 Å². The van der Waals surface area contributed by atoms with Gasteiger partial charge in [0.25, 0.3) is 0 Å². The van der Waals surface area contributed by atoms with E-state index in [0.717, 1.165) is 6.42 Å².